The first-order chi connectivity index (χ1) is 4.18. The maximum absolute atomic E-state index is 2.18. The molecule has 0 aliphatic rings. The summed E-state index contributed by atoms with van der Waals surface area (Å²) in [5, 5.41) is 0. The van der Waals surface area contributed by atoms with E-state index in [0.29, 0.717) is 0 Å². The van der Waals surface area contributed by atoms with Crippen molar-refractivity contribution in [2.75, 3.05) is 0 Å². The van der Waals surface area contributed by atoms with Gasteiger partial charge < -0.3 is 0 Å². The van der Waals surface area contributed by atoms with Crippen LogP contribution in [0.25, 0.3) is 0 Å². The van der Waals surface area contributed by atoms with E-state index in [1.807, 2.05) is 0 Å². The quantitative estimate of drug-likeness (QED) is 0.495. The van der Waals surface area contributed by atoms with Gasteiger partial charge in [-0.2, -0.15) is 0 Å². The Kier molecular flexibility index (Phi) is 4.12. The number of allylic oxidation sites excluding steroid dienone is 4. The van der Waals surface area contributed by atoms with Crippen LogP contribution in [0.4, 0.5) is 0 Å². The van der Waals surface area contributed by atoms with Crippen molar-refractivity contribution in [3.05, 3.63) is 23.3 Å². The summed E-state index contributed by atoms with van der Waals surface area (Å²) < 4.78 is 0. The van der Waals surface area contributed by atoms with E-state index in [2.05, 4.69) is 39.8 Å². The van der Waals surface area contributed by atoms with Crippen molar-refractivity contribution < 1.29 is 0 Å². The van der Waals surface area contributed by atoms with Crippen LogP contribution in [0.1, 0.15) is 34.1 Å². The minimum absolute atomic E-state index is 1.13. The smallest absolute Gasteiger partial charge is 0.0376 e. The van der Waals surface area contributed by atoms with Gasteiger partial charge in [0.2, 0.25) is 0 Å². The Hall–Kier alpha value is -0.520. The van der Waals surface area contributed by atoms with Gasteiger partial charge in [-0.3, -0.25) is 0 Å². The van der Waals surface area contributed by atoms with E-state index < -0.39 is 0 Å². The summed E-state index contributed by atoms with van der Waals surface area (Å²) in [4.78, 5) is 0. The molecule has 0 aromatic rings. The Labute approximate surface area is 58.3 Å². The van der Waals surface area contributed by atoms with Crippen molar-refractivity contribution in [1.82, 2.24) is 0 Å². The minimum atomic E-state index is 1.13. The van der Waals surface area contributed by atoms with Crippen LogP contribution in [0.15, 0.2) is 23.3 Å². The molecular weight excluding hydrogens is 108 g/mol. The van der Waals surface area contributed by atoms with Gasteiger partial charge in [0.25, 0.3) is 0 Å². The molecule has 0 bridgehead atoms. The maximum atomic E-state index is 2.18. The highest BCUT2D eigenvalue weighted by Gasteiger charge is 1.81. The van der Waals surface area contributed by atoms with Gasteiger partial charge in [-0.15, -0.1) is 0 Å². The van der Waals surface area contributed by atoms with Gasteiger partial charge in [0.15, 0.2) is 0 Å². The minimum Gasteiger partial charge on any atom is -0.0845 e. The molecule has 0 aromatic heterocycles. The summed E-state index contributed by atoms with van der Waals surface area (Å²) in [6.07, 6.45) is 5.49. The number of rotatable bonds is 2. The molecule has 0 spiro atoms. The van der Waals surface area contributed by atoms with Crippen LogP contribution >= 0.6 is 0 Å². The second kappa shape index (κ2) is 4.37. The van der Waals surface area contributed by atoms with Crippen molar-refractivity contribution in [2.24, 2.45) is 0 Å². The highest BCUT2D eigenvalue weighted by molar-refractivity contribution is 5.20. The lowest BCUT2D eigenvalue weighted by Crippen LogP contribution is -1.71. The molecule has 0 rings (SSSR count). The first-order valence-corrected chi connectivity index (χ1v) is 3.49. The van der Waals surface area contributed by atoms with Gasteiger partial charge in [-0.25, -0.2) is 0 Å². The summed E-state index contributed by atoms with van der Waals surface area (Å²) in [5.41, 5.74) is 2.79. The lowest BCUT2D eigenvalue weighted by molar-refractivity contribution is 1.20. The Balaban J connectivity index is 3.91. The van der Waals surface area contributed by atoms with Gasteiger partial charge in [0.1, 0.15) is 0 Å². The first kappa shape index (κ1) is 8.48. The van der Waals surface area contributed by atoms with Crippen LogP contribution in [-0.4, -0.2) is 0 Å². The van der Waals surface area contributed by atoms with Crippen molar-refractivity contribution in [3.63, 3.8) is 0 Å². The molecule has 0 nitrogen and oxygen atoms in total. The fourth-order valence-electron chi connectivity index (χ4n) is 0.461. The third-order valence-corrected chi connectivity index (χ3v) is 1.39. The zero-order valence-electron chi connectivity index (χ0n) is 6.86. The second-order valence-electron chi connectivity index (χ2n) is 2.49. The lowest BCUT2D eigenvalue weighted by Gasteiger charge is -1.92. The van der Waals surface area contributed by atoms with E-state index in [1.165, 1.54) is 11.1 Å². The molecule has 0 fully saturated rings. The van der Waals surface area contributed by atoms with Crippen LogP contribution in [0.3, 0.4) is 0 Å². The van der Waals surface area contributed by atoms with Gasteiger partial charge in [-0.1, -0.05) is 30.2 Å². The topological polar surface area (TPSA) is 0 Å². The monoisotopic (exact) mass is 124 g/mol. The Morgan fingerprint density at radius 2 is 1.78 bits per heavy atom. The summed E-state index contributed by atoms with van der Waals surface area (Å²) in [6.45, 7) is 8.56. The average molecular weight is 124 g/mol. The summed E-state index contributed by atoms with van der Waals surface area (Å²) in [5.74, 6) is 0. The van der Waals surface area contributed by atoms with Crippen molar-refractivity contribution in [2.45, 2.75) is 34.1 Å². The third kappa shape index (κ3) is 4.01. The Morgan fingerprint density at radius 1 is 1.22 bits per heavy atom. The molecule has 0 amide bonds. The molecule has 0 saturated heterocycles. The summed E-state index contributed by atoms with van der Waals surface area (Å²) in [7, 11) is 0. The van der Waals surface area contributed by atoms with Crippen LogP contribution in [0, 0.1) is 0 Å². The van der Waals surface area contributed by atoms with Crippen LogP contribution < -0.4 is 0 Å². The highest BCUT2D eigenvalue weighted by atomic mass is 13.9. The maximum Gasteiger partial charge on any atom is -0.0376 e. The van der Waals surface area contributed by atoms with Gasteiger partial charge >= 0.3 is 0 Å². The molecule has 0 N–H and O–H groups in total. The van der Waals surface area contributed by atoms with E-state index in [9.17, 15) is 0 Å². The molecule has 0 heterocycles. The van der Waals surface area contributed by atoms with Gasteiger partial charge in [0.05, 0.1) is 0 Å². The standard InChI is InChI=1S/C9H16/c1-5-6-7-9(4)8(2)3/h6-7H,5H2,1-4H3/b7-6-. The molecule has 0 heteroatoms. The third-order valence-electron chi connectivity index (χ3n) is 1.39. The Bertz CT molecular complexity index is 123. The molecule has 0 aliphatic heterocycles. The predicted molar refractivity (Wildman–Crippen MR) is 43.5 cm³/mol. The number of hydrogen-bond acceptors (Lipinski definition) is 0. The molecule has 0 aliphatic carbocycles. The largest absolute Gasteiger partial charge is 0.0845 e. The van der Waals surface area contributed by atoms with E-state index in [0.717, 1.165) is 6.42 Å². The van der Waals surface area contributed by atoms with Gasteiger partial charge in [0, 0.05) is 0 Å². The molecule has 0 unspecified atom stereocenters. The first-order valence-electron chi connectivity index (χ1n) is 3.49. The van der Waals surface area contributed by atoms with E-state index in [1.54, 1.807) is 0 Å². The van der Waals surface area contributed by atoms with E-state index >= 15 is 0 Å². The van der Waals surface area contributed by atoms with Crippen molar-refractivity contribution >= 4 is 0 Å². The van der Waals surface area contributed by atoms with Crippen molar-refractivity contribution in [3.8, 4) is 0 Å². The predicted octanol–water partition coefficient (Wildman–Crippen LogP) is 3.31. The van der Waals surface area contributed by atoms with Crippen LogP contribution in [0.5, 0.6) is 0 Å². The molecule has 0 saturated carbocycles. The molecular formula is C9H16. The zero-order valence-corrected chi connectivity index (χ0v) is 6.86. The summed E-state index contributed by atoms with van der Waals surface area (Å²) >= 11 is 0. The fourth-order valence-corrected chi connectivity index (χ4v) is 0.461. The lowest BCUT2D eigenvalue weighted by atomic mass is 10.1. The summed E-state index contributed by atoms with van der Waals surface area (Å²) in [6, 6.07) is 0. The molecule has 52 valence electrons. The van der Waals surface area contributed by atoms with E-state index in [-0.39, 0.29) is 0 Å². The SMILES string of the molecule is CC/C=C\C(C)=C(C)C. The van der Waals surface area contributed by atoms with E-state index in [4.69, 9.17) is 0 Å². The molecule has 0 atom stereocenters. The average Bonchev–Trinajstić information content (AvgIpc) is 1.82. The number of hydrogen-bond donors (Lipinski definition) is 0. The molecule has 9 heavy (non-hydrogen) atoms. The zero-order chi connectivity index (χ0) is 7.28. The molecule has 0 radical (unpaired) electrons. The Morgan fingerprint density at radius 3 is 2.11 bits per heavy atom. The van der Waals surface area contributed by atoms with Gasteiger partial charge in [-0.05, 0) is 27.2 Å². The van der Waals surface area contributed by atoms with Crippen LogP contribution in [0.2, 0.25) is 0 Å². The second-order valence-corrected chi connectivity index (χ2v) is 2.49. The molecule has 0 aromatic carbocycles. The van der Waals surface area contributed by atoms with Crippen molar-refractivity contribution in [1.29, 1.82) is 0 Å². The normalized spacial score (nSPS) is 10.2. The fraction of sp³-hybridized carbons (Fsp3) is 0.556. The highest BCUT2D eigenvalue weighted by Crippen LogP contribution is 2.02. The van der Waals surface area contributed by atoms with Crippen LogP contribution in [-0.2, 0) is 0 Å².